The molecule has 0 aliphatic rings. The smallest absolute Gasteiger partial charge is 0.280 e. The standard InChI is InChI=1S/C15H14ClF3N2O4S2/c1-21(2)27(24,25)12-5-3-4-11(9-12)20-26(22,23)14-8-10(15(17,18)19)6-7-13(14)16/h3-9,20H,1-2H3. The summed E-state index contributed by atoms with van der Waals surface area (Å²) in [4.78, 5) is -0.970. The highest BCUT2D eigenvalue weighted by Gasteiger charge is 2.33. The third kappa shape index (κ3) is 4.72. The van der Waals surface area contributed by atoms with Gasteiger partial charge in [-0.2, -0.15) is 13.2 Å². The molecule has 0 saturated carbocycles. The van der Waals surface area contributed by atoms with E-state index in [-0.39, 0.29) is 10.6 Å². The summed E-state index contributed by atoms with van der Waals surface area (Å²) >= 11 is 5.75. The molecule has 0 saturated heterocycles. The van der Waals surface area contributed by atoms with Crippen molar-refractivity contribution < 1.29 is 30.0 Å². The number of alkyl halides is 3. The number of hydrogen-bond acceptors (Lipinski definition) is 4. The van der Waals surface area contributed by atoms with E-state index in [0.29, 0.717) is 12.1 Å². The van der Waals surface area contributed by atoms with Gasteiger partial charge in [-0.15, -0.1) is 0 Å². The Hall–Kier alpha value is -1.82. The quantitative estimate of drug-likeness (QED) is 0.769. The summed E-state index contributed by atoms with van der Waals surface area (Å²) < 4.78 is 90.7. The summed E-state index contributed by atoms with van der Waals surface area (Å²) in [6.45, 7) is 0. The van der Waals surface area contributed by atoms with Crippen molar-refractivity contribution >= 4 is 37.3 Å². The lowest BCUT2D eigenvalue weighted by atomic mass is 10.2. The highest BCUT2D eigenvalue weighted by molar-refractivity contribution is 7.92. The largest absolute Gasteiger partial charge is 0.416 e. The van der Waals surface area contributed by atoms with Crippen LogP contribution in [0.1, 0.15) is 5.56 Å². The second-order valence-corrected chi connectivity index (χ2v) is 9.77. The molecule has 2 aromatic carbocycles. The fourth-order valence-corrected chi connectivity index (χ4v) is 4.55. The number of benzene rings is 2. The zero-order valence-electron chi connectivity index (χ0n) is 14.0. The van der Waals surface area contributed by atoms with Crippen molar-refractivity contribution in [3.05, 3.63) is 53.1 Å². The summed E-state index contributed by atoms with van der Waals surface area (Å²) in [5, 5.41) is -0.410. The fraction of sp³-hybridized carbons (Fsp3) is 0.200. The first-order chi connectivity index (χ1) is 12.2. The topological polar surface area (TPSA) is 83.6 Å². The third-order valence-electron chi connectivity index (χ3n) is 3.41. The van der Waals surface area contributed by atoms with Crippen LogP contribution in [0.5, 0.6) is 0 Å². The highest BCUT2D eigenvalue weighted by Crippen LogP contribution is 2.34. The van der Waals surface area contributed by atoms with Crippen molar-refractivity contribution in [1.29, 1.82) is 0 Å². The number of nitrogens with one attached hydrogen (secondary N) is 1. The zero-order chi connectivity index (χ0) is 20.6. The maximum absolute atomic E-state index is 12.8. The normalized spacial score (nSPS) is 13.0. The molecule has 12 heteroatoms. The lowest BCUT2D eigenvalue weighted by Gasteiger charge is -2.14. The van der Waals surface area contributed by atoms with Gasteiger partial charge in [-0.05, 0) is 36.4 Å². The molecule has 2 rings (SSSR count). The Morgan fingerprint density at radius 2 is 1.63 bits per heavy atom. The fourth-order valence-electron chi connectivity index (χ4n) is 2.03. The minimum Gasteiger partial charge on any atom is -0.280 e. The molecule has 0 amide bonds. The van der Waals surface area contributed by atoms with Gasteiger partial charge in [0.15, 0.2) is 0 Å². The predicted octanol–water partition coefficient (Wildman–Crippen LogP) is 3.41. The summed E-state index contributed by atoms with van der Waals surface area (Å²) in [6.07, 6.45) is -4.76. The van der Waals surface area contributed by atoms with E-state index in [1.54, 1.807) is 0 Å². The molecule has 148 valence electrons. The van der Waals surface area contributed by atoms with Crippen molar-refractivity contribution in [3.8, 4) is 0 Å². The molecule has 1 N–H and O–H groups in total. The molecule has 0 bridgehead atoms. The number of halogens is 4. The van der Waals surface area contributed by atoms with Gasteiger partial charge >= 0.3 is 6.18 Å². The van der Waals surface area contributed by atoms with Crippen LogP contribution < -0.4 is 4.72 Å². The summed E-state index contributed by atoms with van der Waals surface area (Å²) in [7, 11) is -5.73. The molecule has 27 heavy (non-hydrogen) atoms. The minimum absolute atomic E-state index is 0.147. The maximum atomic E-state index is 12.8. The summed E-state index contributed by atoms with van der Waals surface area (Å²) in [5.74, 6) is 0. The zero-order valence-corrected chi connectivity index (χ0v) is 16.3. The SMILES string of the molecule is CN(C)S(=O)(=O)c1cccc(NS(=O)(=O)c2cc(C(F)(F)F)ccc2Cl)c1. The van der Waals surface area contributed by atoms with E-state index in [0.717, 1.165) is 16.4 Å². The highest BCUT2D eigenvalue weighted by atomic mass is 35.5. The third-order valence-corrected chi connectivity index (χ3v) is 7.09. The monoisotopic (exact) mass is 442 g/mol. The van der Waals surface area contributed by atoms with Crippen LogP contribution in [0.2, 0.25) is 5.02 Å². The first-order valence-electron chi connectivity index (χ1n) is 7.17. The van der Waals surface area contributed by atoms with Gasteiger partial charge in [-0.1, -0.05) is 17.7 Å². The Balaban J connectivity index is 2.47. The number of anilines is 1. The molecular formula is C15H14ClF3N2O4S2. The second-order valence-electron chi connectivity index (χ2n) is 5.56. The Morgan fingerprint density at radius 1 is 1.00 bits per heavy atom. The summed E-state index contributed by atoms with van der Waals surface area (Å²) in [6, 6.07) is 6.75. The van der Waals surface area contributed by atoms with Crippen LogP contribution in [0.25, 0.3) is 0 Å². The molecule has 0 aliphatic heterocycles. The van der Waals surface area contributed by atoms with Crippen LogP contribution in [-0.4, -0.2) is 35.2 Å². The van der Waals surface area contributed by atoms with Crippen LogP contribution in [0.15, 0.2) is 52.3 Å². The molecule has 0 unspecified atom stereocenters. The van der Waals surface area contributed by atoms with Gasteiger partial charge in [0, 0.05) is 14.1 Å². The maximum Gasteiger partial charge on any atom is 0.416 e. The van der Waals surface area contributed by atoms with Crippen molar-refractivity contribution in [2.24, 2.45) is 0 Å². The number of hydrogen-bond donors (Lipinski definition) is 1. The molecule has 0 radical (unpaired) electrons. The van der Waals surface area contributed by atoms with E-state index in [2.05, 4.69) is 0 Å². The van der Waals surface area contributed by atoms with Gasteiger partial charge in [0.05, 0.1) is 21.2 Å². The van der Waals surface area contributed by atoms with E-state index in [4.69, 9.17) is 11.6 Å². The van der Waals surface area contributed by atoms with E-state index in [1.807, 2.05) is 4.72 Å². The van der Waals surface area contributed by atoms with Crippen LogP contribution in [-0.2, 0) is 26.2 Å². The van der Waals surface area contributed by atoms with Crippen LogP contribution in [0.3, 0.4) is 0 Å². The Bertz CT molecular complexity index is 1070. The van der Waals surface area contributed by atoms with Gasteiger partial charge in [0.2, 0.25) is 10.0 Å². The van der Waals surface area contributed by atoms with Crippen molar-refractivity contribution in [2.45, 2.75) is 16.0 Å². The van der Waals surface area contributed by atoms with Crippen molar-refractivity contribution in [1.82, 2.24) is 4.31 Å². The average Bonchev–Trinajstić information content (AvgIpc) is 2.53. The summed E-state index contributed by atoms with van der Waals surface area (Å²) in [5.41, 5.74) is -1.33. The molecule has 0 spiro atoms. The van der Waals surface area contributed by atoms with Crippen molar-refractivity contribution in [2.75, 3.05) is 18.8 Å². The average molecular weight is 443 g/mol. The molecule has 0 fully saturated rings. The van der Waals surface area contributed by atoms with E-state index in [9.17, 15) is 30.0 Å². The van der Waals surface area contributed by atoms with E-state index >= 15 is 0 Å². The Morgan fingerprint density at radius 3 is 2.19 bits per heavy atom. The lowest BCUT2D eigenvalue weighted by molar-refractivity contribution is -0.137. The van der Waals surface area contributed by atoms with Gasteiger partial charge in [-0.25, -0.2) is 21.1 Å². The van der Waals surface area contributed by atoms with Crippen molar-refractivity contribution in [3.63, 3.8) is 0 Å². The Labute approximate surface area is 159 Å². The van der Waals surface area contributed by atoms with E-state index in [1.165, 1.54) is 32.3 Å². The first-order valence-corrected chi connectivity index (χ1v) is 10.5. The minimum atomic E-state index is -4.76. The van der Waals surface area contributed by atoms with Crippen LogP contribution in [0.4, 0.5) is 18.9 Å². The van der Waals surface area contributed by atoms with Gasteiger partial charge in [0.1, 0.15) is 4.90 Å². The van der Waals surface area contributed by atoms with Gasteiger partial charge in [0.25, 0.3) is 10.0 Å². The Kier molecular flexibility index (Phi) is 5.81. The lowest BCUT2D eigenvalue weighted by Crippen LogP contribution is -2.22. The van der Waals surface area contributed by atoms with Gasteiger partial charge < -0.3 is 0 Å². The molecule has 0 aromatic heterocycles. The number of nitrogens with zero attached hydrogens (tertiary/aromatic N) is 1. The van der Waals surface area contributed by atoms with Gasteiger partial charge in [-0.3, -0.25) is 4.72 Å². The van der Waals surface area contributed by atoms with E-state index < -0.39 is 41.7 Å². The van der Waals surface area contributed by atoms with Crippen LogP contribution in [0, 0.1) is 0 Å². The molecule has 0 atom stereocenters. The number of sulfonamides is 2. The van der Waals surface area contributed by atoms with Crippen LogP contribution >= 0.6 is 11.6 Å². The molecule has 0 aliphatic carbocycles. The first kappa shape index (κ1) is 21.5. The number of rotatable bonds is 5. The predicted molar refractivity (Wildman–Crippen MR) is 94.6 cm³/mol. The molecule has 0 heterocycles. The molecule has 2 aromatic rings. The molecule has 6 nitrogen and oxygen atoms in total. The second kappa shape index (κ2) is 7.30. The molecular weight excluding hydrogens is 429 g/mol.